The predicted molar refractivity (Wildman–Crippen MR) is 425 cm³/mol. The van der Waals surface area contributed by atoms with Gasteiger partial charge in [-0.1, -0.05) is 25.7 Å². The molecular formula is C73H132N9O28P3. The summed E-state index contributed by atoms with van der Waals surface area (Å²) in [6.45, 7) is 4.87. The van der Waals surface area contributed by atoms with E-state index in [1.807, 2.05) is 0 Å². The molecule has 0 spiro atoms. The highest BCUT2D eigenvalue weighted by molar-refractivity contribution is 7.58. The predicted octanol–water partition coefficient (Wildman–Crippen LogP) is 10.9. The number of alkyl carbamates (subject to hydrolysis) is 9. The number of hydrogen-bond acceptors (Lipinski definition) is 23. The van der Waals surface area contributed by atoms with Crippen molar-refractivity contribution < 1.29 is 135 Å². The molecule has 0 radical (unpaired) electrons. The van der Waals surface area contributed by atoms with Gasteiger partial charge in [0.15, 0.2) is 0 Å². The lowest BCUT2D eigenvalue weighted by atomic mass is 10.2. The van der Waals surface area contributed by atoms with Crippen molar-refractivity contribution in [1.82, 2.24) is 47.9 Å². The normalized spacial score (nSPS) is 10.8. The summed E-state index contributed by atoms with van der Waals surface area (Å²) in [5.41, 5.74) is 0. The van der Waals surface area contributed by atoms with Crippen molar-refractivity contribution in [1.29, 1.82) is 0 Å². The first-order valence-electron chi connectivity index (χ1n) is 40.0. The van der Waals surface area contributed by atoms with Crippen molar-refractivity contribution in [3.63, 3.8) is 0 Å². The van der Waals surface area contributed by atoms with Crippen LogP contribution in [0.3, 0.4) is 0 Å². The van der Waals surface area contributed by atoms with E-state index in [1.165, 1.54) is 0 Å². The minimum atomic E-state index is -0.903. The van der Waals surface area contributed by atoms with Crippen molar-refractivity contribution in [2.75, 3.05) is 174 Å². The Balaban J connectivity index is 4.73. The molecule has 0 saturated heterocycles. The second kappa shape index (κ2) is 76.7. The van der Waals surface area contributed by atoms with Gasteiger partial charge in [-0.2, -0.15) is 0 Å². The van der Waals surface area contributed by atoms with E-state index < -0.39 is 108 Å². The van der Waals surface area contributed by atoms with Crippen molar-refractivity contribution >= 4 is 108 Å². The maximum absolute atomic E-state index is 12.5. The van der Waals surface area contributed by atoms with Crippen molar-refractivity contribution in [3.8, 4) is 0 Å². The fourth-order valence-electron chi connectivity index (χ4n) is 10.5. The van der Waals surface area contributed by atoms with Crippen LogP contribution in [0.25, 0.3) is 0 Å². The number of amides is 9. The van der Waals surface area contributed by atoms with Gasteiger partial charge in [-0.25, -0.2) is 43.2 Å². The molecule has 0 heterocycles. The number of aliphatic carboxylic acids is 5. The fourth-order valence-corrected chi connectivity index (χ4v) is 17.7. The van der Waals surface area contributed by atoms with Crippen molar-refractivity contribution in [3.05, 3.63) is 0 Å². The highest BCUT2D eigenvalue weighted by Gasteiger charge is 2.17. The zero-order chi connectivity index (χ0) is 83.3. The minimum absolute atomic E-state index is 0.0131. The Bertz CT molecular complexity index is 2380. The Morgan fingerprint density at radius 1 is 0.168 bits per heavy atom. The van der Waals surface area contributed by atoms with Crippen LogP contribution >= 0.6 is 23.8 Å². The number of carboxylic acids is 5. The Labute approximate surface area is 668 Å². The van der Waals surface area contributed by atoms with Gasteiger partial charge in [-0.15, -0.1) is 23.8 Å². The molecule has 14 N–H and O–H groups in total. The number of hydrogen-bond donors (Lipinski definition) is 14. The SMILES string of the molecule is O=C(O)CCCCNC(=O)OCCCP(CCCOC(=O)NCCCCCCNC(=O)OCCCP(CCCOC(=O)NCCCCC(=O)O)CCCOC(=O)NCCCCC(=O)O)CCCOC(=O)NCCCCCCNC(=O)OCCCP(CCCOC(=O)NCCCCC(=O)O)CCCOC(=O)NCCCCC(=O)O. The molecule has 113 heavy (non-hydrogen) atoms. The number of carbonyl (C=O) groups excluding carboxylic acids is 9. The quantitative estimate of drug-likeness (QED) is 0.0153. The summed E-state index contributed by atoms with van der Waals surface area (Å²) in [6.07, 6.45) is 18.1. The number of rotatable bonds is 75. The van der Waals surface area contributed by atoms with Gasteiger partial charge in [0.1, 0.15) is 0 Å². The Morgan fingerprint density at radius 2 is 0.283 bits per heavy atom. The highest BCUT2D eigenvalue weighted by Crippen LogP contribution is 2.39. The second-order valence-electron chi connectivity index (χ2n) is 26.4. The Kier molecular flexibility index (Phi) is 71.3. The molecule has 37 nitrogen and oxygen atoms in total. The van der Waals surface area contributed by atoms with E-state index in [2.05, 4.69) is 47.9 Å². The maximum atomic E-state index is 12.5. The fraction of sp³-hybridized carbons (Fsp3) is 0.808. The van der Waals surface area contributed by atoms with Crippen LogP contribution in [0, 0.1) is 0 Å². The number of ether oxygens (including phenoxy) is 9. The van der Waals surface area contributed by atoms with Crippen LogP contribution in [0.15, 0.2) is 0 Å². The van der Waals surface area contributed by atoms with E-state index in [4.69, 9.17) is 68.2 Å². The Hall–Kier alpha value is -7.93. The molecule has 0 aromatic carbocycles. The van der Waals surface area contributed by atoms with Gasteiger partial charge >= 0.3 is 84.7 Å². The summed E-state index contributed by atoms with van der Waals surface area (Å²) in [5.74, 6) is -4.49. The zero-order valence-corrected chi connectivity index (χ0v) is 68.9. The van der Waals surface area contributed by atoms with Crippen LogP contribution in [0.2, 0.25) is 0 Å². The summed E-state index contributed by atoms with van der Waals surface area (Å²) >= 11 is 0. The highest BCUT2D eigenvalue weighted by atomic mass is 31.1. The summed E-state index contributed by atoms with van der Waals surface area (Å²) in [6, 6.07) is 0. The molecule has 0 unspecified atom stereocenters. The van der Waals surface area contributed by atoms with Gasteiger partial charge in [0.25, 0.3) is 0 Å². The van der Waals surface area contributed by atoms with E-state index in [-0.39, 0.29) is 91.6 Å². The first-order chi connectivity index (χ1) is 54.5. The molecule has 0 aliphatic heterocycles. The third-order valence-electron chi connectivity index (χ3n) is 16.4. The number of carboxylic acid groups (broad SMARTS) is 5. The number of unbranched alkanes of at least 4 members (excludes halogenated alkanes) is 11. The molecule has 9 amide bonds. The van der Waals surface area contributed by atoms with E-state index in [0.29, 0.717) is 207 Å². The van der Waals surface area contributed by atoms with E-state index in [1.54, 1.807) is 0 Å². The van der Waals surface area contributed by atoms with Crippen LogP contribution in [0.5, 0.6) is 0 Å². The van der Waals surface area contributed by atoms with Gasteiger partial charge in [-0.05, 0) is 203 Å². The molecule has 0 aliphatic rings. The molecule has 0 aromatic heterocycles. The van der Waals surface area contributed by atoms with Crippen molar-refractivity contribution in [2.24, 2.45) is 0 Å². The van der Waals surface area contributed by atoms with Crippen LogP contribution in [0.1, 0.15) is 205 Å². The average Bonchev–Trinajstić information content (AvgIpc) is 1.06. The molecule has 0 aromatic rings. The molecule has 0 saturated carbocycles. The monoisotopic (exact) mass is 1680 g/mol. The summed E-state index contributed by atoms with van der Waals surface area (Å²) in [5, 5.41) is 68.1. The molecule has 652 valence electrons. The topological polar surface area (TPSA) is 531 Å². The summed E-state index contributed by atoms with van der Waals surface area (Å²) < 4.78 is 48.2. The van der Waals surface area contributed by atoms with Gasteiger partial charge in [0.2, 0.25) is 0 Å². The van der Waals surface area contributed by atoms with Gasteiger partial charge < -0.3 is 116 Å². The van der Waals surface area contributed by atoms with Crippen LogP contribution < -0.4 is 47.9 Å². The molecule has 0 aliphatic carbocycles. The van der Waals surface area contributed by atoms with Gasteiger partial charge in [-0.3, -0.25) is 24.0 Å². The van der Waals surface area contributed by atoms with Crippen LogP contribution in [-0.2, 0) is 66.6 Å². The molecule has 40 heteroatoms. The third kappa shape index (κ3) is 79.1. The number of carbonyl (C=O) groups is 14. The summed E-state index contributed by atoms with van der Waals surface area (Å²) in [4.78, 5) is 164. The smallest absolute Gasteiger partial charge is 0.407 e. The van der Waals surface area contributed by atoms with Gasteiger partial charge in [0.05, 0.1) is 59.5 Å². The molecule has 0 fully saturated rings. The van der Waals surface area contributed by atoms with E-state index in [0.717, 1.165) is 81.1 Å². The number of nitrogens with one attached hydrogen (secondary N) is 9. The lowest BCUT2D eigenvalue weighted by Gasteiger charge is -2.18. The Morgan fingerprint density at radius 3 is 0.398 bits per heavy atom. The average molecular weight is 1680 g/mol. The first-order valence-corrected chi connectivity index (χ1v) is 45.6. The first kappa shape index (κ1) is 105. The maximum Gasteiger partial charge on any atom is 0.407 e. The van der Waals surface area contributed by atoms with E-state index >= 15 is 0 Å². The lowest BCUT2D eigenvalue weighted by Crippen LogP contribution is -2.26. The third-order valence-corrected chi connectivity index (χ3v) is 24.9. The zero-order valence-electron chi connectivity index (χ0n) is 66.2. The summed E-state index contributed by atoms with van der Waals surface area (Å²) in [7, 11) is -1.80. The standard InChI is InChI=1S/C73H132N9O28P3/c83-60(84)28-5-14-37-78-69(97)106-46-23-55-111(51-19-42-102-65(93)74-33-10-1-3-12-35-76-67(95)104-44-21-53-112(56-24-47-107-70(98)79-38-15-6-29-61(85)86)57-25-48-108-71(99)80-39-16-7-30-62(87)88)52-20-43-103-66(94)75-34-11-2-4-13-36-77-68(96)105-45-22-54-113(58-26-49-109-72(100)81-40-17-8-31-63(89)90)59-27-50-110-73(101)82-41-18-9-32-64(91)92/h1-59H2,(H,74,93)(H,75,94)(H,76,95)(H,77,96)(H,78,97)(H,79,98)(H,80,99)(H,81,100)(H,82,101)(H,83,84)(H,85,86)(H,87,88)(H,89,90)(H,91,92). The second-order valence-corrected chi connectivity index (χ2v) is 34.4. The van der Waals surface area contributed by atoms with Crippen LogP contribution in [-0.4, -0.2) is 284 Å². The largest absolute Gasteiger partial charge is 0.481 e. The lowest BCUT2D eigenvalue weighted by molar-refractivity contribution is -0.138. The molecular weight excluding hydrogens is 1540 g/mol. The molecule has 0 bridgehead atoms. The van der Waals surface area contributed by atoms with Gasteiger partial charge in [0, 0.05) is 91.0 Å². The van der Waals surface area contributed by atoms with E-state index in [9.17, 15) is 67.1 Å². The van der Waals surface area contributed by atoms with Crippen LogP contribution in [0.4, 0.5) is 43.2 Å². The molecule has 0 rings (SSSR count). The molecule has 0 atom stereocenters. The van der Waals surface area contributed by atoms with Crippen molar-refractivity contribution in [2.45, 2.75) is 205 Å². The minimum Gasteiger partial charge on any atom is -0.481 e.